The van der Waals surface area contributed by atoms with Crippen LogP contribution in [0.15, 0.2) is 58.7 Å². The van der Waals surface area contributed by atoms with Crippen molar-refractivity contribution in [3.8, 4) is 11.5 Å². The molecule has 0 saturated carbocycles. The molecule has 0 aliphatic heterocycles. The lowest BCUT2D eigenvalue weighted by molar-refractivity contribution is -0.385. The predicted molar refractivity (Wildman–Crippen MR) is 125 cm³/mol. The van der Waals surface area contributed by atoms with Crippen molar-refractivity contribution < 1.29 is 28.3 Å². The van der Waals surface area contributed by atoms with Crippen molar-refractivity contribution in [2.24, 2.45) is 5.10 Å². The second kappa shape index (κ2) is 10.1. The lowest BCUT2D eigenvalue weighted by Crippen LogP contribution is -2.15. The van der Waals surface area contributed by atoms with Gasteiger partial charge in [-0.2, -0.15) is 5.10 Å². The van der Waals surface area contributed by atoms with Gasteiger partial charge >= 0.3 is 0 Å². The van der Waals surface area contributed by atoms with E-state index in [-0.39, 0.29) is 22.7 Å². The summed E-state index contributed by atoms with van der Waals surface area (Å²) in [6.45, 7) is 1.15. The Morgan fingerprint density at radius 1 is 1.24 bits per heavy atom. The van der Waals surface area contributed by atoms with Crippen molar-refractivity contribution in [2.75, 3.05) is 17.3 Å². The maximum atomic E-state index is 13.0. The fraction of sp³-hybridized carbons (Fsp3) is 0.143. The number of benzene rings is 2. The van der Waals surface area contributed by atoms with Crippen LogP contribution < -0.4 is 14.9 Å². The first-order valence-electron chi connectivity index (χ1n) is 9.69. The summed E-state index contributed by atoms with van der Waals surface area (Å²) >= 11 is 0. The summed E-state index contributed by atoms with van der Waals surface area (Å²) in [5.74, 6) is 0.321. The predicted octanol–water partition coefficient (Wildman–Crippen LogP) is 2.75. The van der Waals surface area contributed by atoms with Crippen LogP contribution in [0.3, 0.4) is 0 Å². The minimum Gasteiger partial charge on any atom is -0.505 e. The Morgan fingerprint density at radius 3 is 2.56 bits per heavy atom. The van der Waals surface area contributed by atoms with E-state index >= 15 is 0 Å². The Kier molecular flexibility index (Phi) is 7.28. The smallest absolute Gasteiger partial charge is 0.270 e. The van der Waals surface area contributed by atoms with Gasteiger partial charge in [-0.1, -0.05) is 0 Å². The molecule has 0 spiro atoms. The summed E-state index contributed by atoms with van der Waals surface area (Å²) < 4.78 is 33.5. The number of aromatic hydroxyl groups is 1. The van der Waals surface area contributed by atoms with Gasteiger partial charge in [-0.25, -0.2) is 8.42 Å². The summed E-state index contributed by atoms with van der Waals surface area (Å²) in [5.41, 5.74) is 3.04. The fourth-order valence-electron chi connectivity index (χ4n) is 2.90. The van der Waals surface area contributed by atoms with E-state index in [0.717, 1.165) is 12.1 Å². The zero-order chi connectivity index (χ0) is 24.9. The van der Waals surface area contributed by atoms with E-state index in [1.54, 1.807) is 19.1 Å². The first-order chi connectivity index (χ1) is 16.2. The minimum absolute atomic E-state index is 0.0568. The number of aliphatic hydroxyl groups is 1. The number of aromatic nitrogens is 1. The maximum absolute atomic E-state index is 13.0. The van der Waals surface area contributed by atoms with Crippen molar-refractivity contribution in [1.82, 2.24) is 4.98 Å². The van der Waals surface area contributed by atoms with Crippen LogP contribution in [0, 0.1) is 17.0 Å². The number of nitro groups is 1. The van der Waals surface area contributed by atoms with Crippen LogP contribution in [0.25, 0.3) is 0 Å². The summed E-state index contributed by atoms with van der Waals surface area (Å²) in [6.07, 6.45) is 2.56. The monoisotopic (exact) mass is 487 g/mol. The highest BCUT2D eigenvalue weighted by Crippen LogP contribution is 2.29. The molecule has 2 aromatic carbocycles. The molecule has 1 aromatic heterocycles. The number of rotatable bonds is 9. The average Bonchev–Trinajstić information content (AvgIpc) is 2.82. The van der Waals surface area contributed by atoms with Crippen molar-refractivity contribution in [2.45, 2.75) is 18.4 Å². The number of sulfonamides is 1. The topological polar surface area (TPSA) is 176 Å². The lowest BCUT2D eigenvalue weighted by Gasteiger charge is -2.12. The van der Waals surface area contributed by atoms with Crippen molar-refractivity contribution in [3.63, 3.8) is 0 Å². The number of anilines is 2. The van der Waals surface area contributed by atoms with Gasteiger partial charge in [0, 0.05) is 35.1 Å². The van der Waals surface area contributed by atoms with Crippen LogP contribution in [0.5, 0.6) is 11.5 Å². The van der Waals surface area contributed by atoms with Crippen LogP contribution >= 0.6 is 0 Å². The molecule has 1 heterocycles. The van der Waals surface area contributed by atoms with Gasteiger partial charge in [-0.3, -0.25) is 25.2 Å². The lowest BCUT2D eigenvalue weighted by atomic mass is 10.1. The molecule has 0 aliphatic carbocycles. The first kappa shape index (κ1) is 24.4. The molecule has 34 heavy (non-hydrogen) atoms. The van der Waals surface area contributed by atoms with Crippen LogP contribution in [0.4, 0.5) is 17.1 Å². The molecule has 178 valence electrons. The normalized spacial score (nSPS) is 11.4. The molecule has 0 fully saturated rings. The number of pyridine rings is 1. The number of hydrogen-bond donors (Lipinski definition) is 4. The number of ether oxygens (including phenoxy) is 1. The highest BCUT2D eigenvalue weighted by Gasteiger charge is 2.23. The fourth-order valence-corrected chi connectivity index (χ4v) is 4.13. The number of non-ortho nitro benzene ring substituents is 1. The summed E-state index contributed by atoms with van der Waals surface area (Å²) in [7, 11) is -2.80. The molecule has 13 heteroatoms. The van der Waals surface area contributed by atoms with Gasteiger partial charge in [-0.05, 0) is 37.3 Å². The molecule has 3 aromatic rings. The number of nitro benzene ring substituents is 1. The maximum Gasteiger partial charge on any atom is 0.270 e. The number of hydrazone groups is 1. The molecule has 0 radical (unpaired) electrons. The van der Waals surface area contributed by atoms with E-state index in [1.807, 2.05) is 0 Å². The minimum atomic E-state index is -4.27. The third kappa shape index (κ3) is 5.39. The number of methoxy groups -OCH3 is 1. The van der Waals surface area contributed by atoms with E-state index in [4.69, 9.17) is 4.74 Å². The van der Waals surface area contributed by atoms with Crippen LogP contribution in [-0.4, -0.2) is 41.9 Å². The molecule has 3 rings (SSSR count). The van der Waals surface area contributed by atoms with E-state index in [1.165, 1.54) is 37.7 Å². The third-order valence-electron chi connectivity index (χ3n) is 4.71. The van der Waals surface area contributed by atoms with Crippen LogP contribution in [0.2, 0.25) is 0 Å². The Hall–Kier alpha value is -4.23. The Balaban J connectivity index is 1.97. The van der Waals surface area contributed by atoms with Gasteiger partial charge in [0.05, 0.1) is 36.2 Å². The number of nitrogens with zero attached hydrogens (tertiary/aromatic N) is 3. The van der Waals surface area contributed by atoms with Crippen molar-refractivity contribution >= 4 is 33.3 Å². The SMILES string of the molecule is COc1ccc(NS(=O)(=O)c2cc([N+](=O)[O-])ccc2N/N=C/c2c(CO)cnc(C)c2O)cc1. The van der Waals surface area contributed by atoms with E-state index in [0.29, 0.717) is 17.0 Å². The van der Waals surface area contributed by atoms with Gasteiger partial charge < -0.3 is 14.9 Å². The van der Waals surface area contributed by atoms with Gasteiger partial charge in [-0.15, -0.1) is 0 Å². The third-order valence-corrected chi connectivity index (χ3v) is 6.14. The molecule has 0 atom stereocenters. The van der Waals surface area contributed by atoms with Crippen molar-refractivity contribution in [1.29, 1.82) is 0 Å². The summed E-state index contributed by atoms with van der Waals surface area (Å²) in [5, 5.41) is 34.8. The highest BCUT2D eigenvalue weighted by atomic mass is 32.2. The van der Waals surface area contributed by atoms with Gasteiger partial charge in [0.25, 0.3) is 15.7 Å². The molecule has 0 unspecified atom stereocenters. The van der Waals surface area contributed by atoms with Crippen LogP contribution in [-0.2, 0) is 16.6 Å². The first-order valence-corrected chi connectivity index (χ1v) is 11.2. The second-order valence-corrected chi connectivity index (χ2v) is 8.58. The second-order valence-electron chi connectivity index (χ2n) is 6.93. The molecular formula is C21H21N5O7S. The number of hydrogen-bond acceptors (Lipinski definition) is 10. The zero-order valence-electron chi connectivity index (χ0n) is 18.1. The molecule has 4 N–H and O–H groups in total. The Labute approximate surface area is 194 Å². The Morgan fingerprint density at radius 2 is 1.94 bits per heavy atom. The highest BCUT2D eigenvalue weighted by molar-refractivity contribution is 7.92. The van der Waals surface area contributed by atoms with E-state index in [2.05, 4.69) is 20.2 Å². The van der Waals surface area contributed by atoms with Crippen molar-refractivity contribution in [3.05, 3.63) is 75.6 Å². The molecule has 0 bridgehead atoms. The van der Waals surface area contributed by atoms with Gasteiger partial charge in [0.15, 0.2) is 0 Å². The Bertz CT molecular complexity index is 1340. The van der Waals surface area contributed by atoms with Crippen LogP contribution in [0.1, 0.15) is 16.8 Å². The quantitative estimate of drug-likeness (QED) is 0.201. The number of aliphatic hydroxyl groups excluding tert-OH is 1. The largest absolute Gasteiger partial charge is 0.505 e. The number of aryl methyl sites for hydroxylation is 1. The summed E-state index contributed by atoms with van der Waals surface area (Å²) in [4.78, 5) is 14.0. The van der Waals surface area contributed by atoms with Gasteiger partial charge in [0.1, 0.15) is 16.4 Å². The molecule has 12 nitrogen and oxygen atoms in total. The zero-order valence-corrected chi connectivity index (χ0v) is 18.9. The van der Waals surface area contributed by atoms with E-state index in [9.17, 15) is 28.7 Å². The van der Waals surface area contributed by atoms with Gasteiger partial charge in [0.2, 0.25) is 0 Å². The summed E-state index contributed by atoms with van der Waals surface area (Å²) in [6, 6.07) is 9.28. The van der Waals surface area contributed by atoms with E-state index < -0.39 is 32.1 Å². The standard InChI is InChI=1S/C21H21N5O7S/c1-13-21(28)18(14(12-27)10-22-13)11-23-24-19-8-5-16(26(29)30)9-20(19)34(31,32)25-15-3-6-17(33-2)7-4-15/h3-11,24-25,27-28H,12H2,1-2H3/b23-11+. The molecule has 0 amide bonds. The molecular weight excluding hydrogens is 466 g/mol. The number of nitrogens with one attached hydrogen (secondary N) is 2. The molecule has 0 saturated heterocycles. The molecule has 0 aliphatic rings. The average molecular weight is 487 g/mol.